The number of rotatable bonds is 8. The molecule has 0 aromatic rings. The topological polar surface area (TPSA) is 41.6 Å². The highest BCUT2D eigenvalue weighted by atomic mass is 16.5. The van der Waals surface area contributed by atoms with E-state index in [4.69, 9.17) is 4.74 Å². The van der Waals surface area contributed by atoms with E-state index in [1.165, 1.54) is 19.3 Å². The second-order valence-electron chi connectivity index (χ2n) is 5.00. The summed E-state index contributed by atoms with van der Waals surface area (Å²) in [5.74, 6) is -0.0631. The molecule has 1 fully saturated rings. The smallest absolute Gasteiger partial charge is 0.320 e. The van der Waals surface area contributed by atoms with Gasteiger partial charge in [0.15, 0.2) is 0 Å². The summed E-state index contributed by atoms with van der Waals surface area (Å²) in [5, 5.41) is 3.38. The molecule has 1 atom stereocenters. The van der Waals surface area contributed by atoms with Crippen LogP contribution < -0.4 is 5.32 Å². The molecule has 0 aromatic heterocycles. The number of unbranched alkanes of at least 4 members (excludes halogenated alkanes) is 1. The number of hydrogen-bond donors (Lipinski definition) is 1. The van der Waals surface area contributed by atoms with Gasteiger partial charge in [-0.25, -0.2) is 0 Å². The van der Waals surface area contributed by atoms with Crippen LogP contribution in [-0.2, 0) is 9.53 Å². The normalized spacial score (nSPS) is 20.9. The third-order valence-electron chi connectivity index (χ3n) is 3.47. The molecule has 1 aliphatic rings. The van der Waals surface area contributed by atoms with Crippen LogP contribution in [0.15, 0.2) is 0 Å². The van der Waals surface area contributed by atoms with Gasteiger partial charge in [0, 0.05) is 12.6 Å². The number of piperidine rings is 1. The summed E-state index contributed by atoms with van der Waals surface area (Å²) in [6, 6.07) is 0.498. The Labute approximate surface area is 111 Å². The highest BCUT2D eigenvalue weighted by Crippen LogP contribution is 2.16. The fourth-order valence-corrected chi connectivity index (χ4v) is 2.35. The molecule has 18 heavy (non-hydrogen) atoms. The molecule has 0 saturated carbocycles. The van der Waals surface area contributed by atoms with Gasteiger partial charge in [0.05, 0.1) is 13.2 Å². The molecule has 1 rings (SSSR count). The summed E-state index contributed by atoms with van der Waals surface area (Å²) in [6.07, 6.45) is 5.70. The maximum atomic E-state index is 11.7. The van der Waals surface area contributed by atoms with Gasteiger partial charge in [-0.2, -0.15) is 0 Å². The van der Waals surface area contributed by atoms with E-state index in [9.17, 15) is 4.79 Å². The minimum atomic E-state index is -0.0631. The predicted molar refractivity (Wildman–Crippen MR) is 73.6 cm³/mol. The van der Waals surface area contributed by atoms with E-state index in [-0.39, 0.29) is 5.97 Å². The lowest BCUT2D eigenvalue weighted by atomic mass is 10.0. The second kappa shape index (κ2) is 9.34. The van der Waals surface area contributed by atoms with Crippen LogP contribution in [0.4, 0.5) is 0 Å². The van der Waals surface area contributed by atoms with Gasteiger partial charge < -0.3 is 10.1 Å². The Balaban J connectivity index is 2.29. The molecule has 0 bridgehead atoms. The fourth-order valence-electron chi connectivity index (χ4n) is 2.35. The van der Waals surface area contributed by atoms with Crippen molar-refractivity contribution in [3.8, 4) is 0 Å². The van der Waals surface area contributed by atoms with Crippen LogP contribution in [-0.4, -0.2) is 49.7 Å². The third kappa shape index (κ3) is 5.83. The quantitative estimate of drug-likeness (QED) is 0.531. The SMILES string of the molecule is CCCCOC(=O)CN1CCCCC1CNCC. The lowest BCUT2D eigenvalue weighted by molar-refractivity contribution is -0.146. The van der Waals surface area contributed by atoms with Crippen molar-refractivity contribution in [1.29, 1.82) is 0 Å². The average molecular weight is 256 g/mol. The highest BCUT2D eigenvalue weighted by Gasteiger charge is 2.24. The number of esters is 1. The van der Waals surface area contributed by atoms with E-state index in [1.807, 2.05) is 0 Å². The van der Waals surface area contributed by atoms with E-state index in [2.05, 4.69) is 24.1 Å². The van der Waals surface area contributed by atoms with E-state index >= 15 is 0 Å². The predicted octanol–water partition coefficient (Wildman–Crippen LogP) is 1.79. The monoisotopic (exact) mass is 256 g/mol. The number of ether oxygens (including phenoxy) is 1. The molecule has 0 amide bonds. The number of nitrogens with one attached hydrogen (secondary N) is 1. The largest absolute Gasteiger partial charge is 0.465 e. The molecular weight excluding hydrogens is 228 g/mol. The first-order valence-electron chi connectivity index (χ1n) is 7.38. The van der Waals surface area contributed by atoms with Crippen molar-refractivity contribution in [2.24, 2.45) is 0 Å². The summed E-state index contributed by atoms with van der Waals surface area (Å²) in [6.45, 7) is 8.25. The molecule has 1 saturated heterocycles. The minimum absolute atomic E-state index is 0.0631. The first-order valence-corrected chi connectivity index (χ1v) is 7.38. The second-order valence-corrected chi connectivity index (χ2v) is 5.00. The van der Waals surface area contributed by atoms with Gasteiger partial charge in [0.2, 0.25) is 0 Å². The Morgan fingerprint density at radius 2 is 2.22 bits per heavy atom. The fraction of sp³-hybridized carbons (Fsp3) is 0.929. The van der Waals surface area contributed by atoms with Crippen molar-refractivity contribution >= 4 is 5.97 Å². The Morgan fingerprint density at radius 1 is 1.39 bits per heavy atom. The van der Waals surface area contributed by atoms with Crippen molar-refractivity contribution in [3.63, 3.8) is 0 Å². The molecule has 0 radical (unpaired) electrons. The van der Waals surface area contributed by atoms with Crippen LogP contribution in [0.2, 0.25) is 0 Å². The van der Waals surface area contributed by atoms with Crippen molar-refractivity contribution in [1.82, 2.24) is 10.2 Å². The number of nitrogens with zero attached hydrogens (tertiary/aromatic N) is 1. The summed E-state index contributed by atoms with van der Waals surface area (Å²) in [4.78, 5) is 14.0. The Morgan fingerprint density at radius 3 is 2.94 bits per heavy atom. The molecule has 1 aliphatic heterocycles. The molecule has 0 aliphatic carbocycles. The van der Waals surface area contributed by atoms with Gasteiger partial charge in [-0.1, -0.05) is 26.7 Å². The lowest BCUT2D eigenvalue weighted by Crippen LogP contribution is -2.47. The van der Waals surface area contributed by atoms with Crippen molar-refractivity contribution in [3.05, 3.63) is 0 Å². The lowest BCUT2D eigenvalue weighted by Gasteiger charge is -2.35. The van der Waals surface area contributed by atoms with Crippen LogP contribution in [0.5, 0.6) is 0 Å². The van der Waals surface area contributed by atoms with Crippen molar-refractivity contribution < 1.29 is 9.53 Å². The van der Waals surface area contributed by atoms with E-state index in [0.29, 0.717) is 19.2 Å². The average Bonchev–Trinajstić information content (AvgIpc) is 2.38. The molecule has 1 heterocycles. The van der Waals surface area contributed by atoms with E-state index in [0.717, 1.165) is 32.5 Å². The van der Waals surface area contributed by atoms with Crippen LogP contribution in [0, 0.1) is 0 Å². The standard InChI is InChI=1S/C14H28N2O2/c1-3-5-10-18-14(17)12-16-9-7-6-8-13(16)11-15-4-2/h13,15H,3-12H2,1-2H3. The zero-order chi connectivity index (χ0) is 13.2. The molecule has 106 valence electrons. The third-order valence-corrected chi connectivity index (χ3v) is 3.47. The molecule has 4 nitrogen and oxygen atoms in total. The van der Waals surface area contributed by atoms with Gasteiger partial charge in [0.1, 0.15) is 0 Å². The number of hydrogen-bond acceptors (Lipinski definition) is 4. The summed E-state index contributed by atoms with van der Waals surface area (Å²) >= 11 is 0. The van der Waals surface area contributed by atoms with Crippen LogP contribution in [0.1, 0.15) is 46.0 Å². The van der Waals surface area contributed by atoms with Crippen LogP contribution in [0.25, 0.3) is 0 Å². The highest BCUT2D eigenvalue weighted by molar-refractivity contribution is 5.71. The molecule has 1 unspecified atom stereocenters. The number of carbonyl (C=O) groups excluding carboxylic acids is 1. The summed E-state index contributed by atoms with van der Waals surface area (Å²) in [5.41, 5.74) is 0. The van der Waals surface area contributed by atoms with Gasteiger partial charge >= 0.3 is 5.97 Å². The maximum absolute atomic E-state index is 11.7. The van der Waals surface area contributed by atoms with Gasteiger partial charge in [-0.3, -0.25) is 9.69 Å². The number of carbonyl (C=O) groups is 1. The minimum Gasteiger partial charge on any atom is -0.465 e. The first-order chi connectivity index (χ1) is 8.77. The van der Waals surface area contributed by atoms with E-state index in [1.54, 1.807) is 0 Å². The van der Waals surface area contributed by atoms with Gasteiger partial charge in [-0.15, -0.1) is 0 Å². The van der Waals surface area contributed by atoms with Crippen molar-refractivity contribution in [2.45, 2.75) is 52.0 Å². The molecule has 0 aromatic carbocycles. The molecular formula is C14H28N2O2. The summed E-state index contributed by atoms with van der Waals surface area (Å²) < 4.78 is 5.24. The Hall–Kier alpha value is -0.610. The zero-order valence-electron chi connectivity index (χ0n) is 11.9. The maximum Gasteiger partial charge on any atom is 0.320 e. The first kappa shape index (κ1) is 15.4. The molecule has 4 heteroatoms. The van der Waals surface area contributed by atoms with Crippen LogP contribution in [0.3, 0.4) is 0 Å². The van der Waals surface area contributed by atoms with Crippen LogP contribution >= 0.6 is 0 Å². The Bertz CT molecular complexity index is 234. The van der Waals surface area contributed by atoms with Gasteiger partial charge in [0.25, 0.3) is 0 Å². The number of likely N-dealkylation sites (tertiary alicyclic amines) is 1. The van der Waals surface area contributed by atoms with Gasteiger partial charge in [-0.05, 0) is 32.4 Å². The number of likely N-dealkylation sites (N-methyl/N-ethyl adjacent to an activating group) is 1. The Kier molecular flexibility index (Phi) is 8.01. The van der Waals surface area contributed by atoms with Crippen molar-refractivity contribution in [2.75, 3.05) is 32.8 Å². The summed E-state index contributed by atoms with van der Waals surface area (Å²) in [7, 11) is 0. The molecule has 0 spiro atoms. The molecule has 1 N–H and O–H groups in total. The van der Waals surface area contributed by atoms with E-state index < -0.39 is 0 Å². The zero-order valence-corrected chi connectivity index (χ0v) is 11.9.